The van der Waals surface area contributed by atoms with Crippen molar-refractivity contribution in [2.75, 3.05) is 39.6 Å². The van der Waals surface area contributed by atoms with Crippen LogP contribution in [0.2, 0.25) is 0 Å². The van der Waals surface area contributed by atoms with Gasteiger partial charge < -0.3 is 174 Å². The van der Waals surface area contributed by atoms with Gasteiger partial charge in [-0.05, 0) is 6.92 Å². The summed E-state index contributed by atoms with van der Waals surface area (Å²) in [6, 6.07) is -3.54. The third-order valence-electron chi connectivity index (χ3n) is 15.3. The van der Waals surface area contributed by atoms with E-state index in [9.17, 15) is 112 Å². The van der Waals surface area contributed by atoms with Gasteiger partial charge in [-0.1, -0.05) is 0 Å². The number of amides is 2. The van der Waals surface area contributed by atoms with Gasteiger partial charge in [0.2, 0.25) is 11.8 Å². The average Bonchev–Trinajstić information content (AvgIpc) is 3.54. The first-order chi connectivity index (χ1) is 39.2. The van der Waals surface area contributed by atoms with Crippen LogP contribution < -0.4 is 10.6 Å². The number of hydrogen-bond acceptors (Lipinski definition) is 35. The van der Waals surface area contributed by atoms with E-state index >= 15 is 0 Å². The maximum Gasteiger partial charge on any atom is 0.217 e. The quantitative estimate of drug-likeness (QED) is 0.0538. The van der Waals surface area contributed by atoms with Gasteiger partial charge in [0.15, 0.2) is 44.0 Å². The topological polar surface area (TPSA) is 583 Å². The summed E-state index contributed by atoms with van der Waals surface area (Å²) in [6.45, 7) is -2.68. The molecule has 7 rings (SSSR count). The normalized spacial score (nSPS) is 50.8. The van der Waals surface area contributed by atoms with Gasteiger partial charge in [0, 0.05) is 13.8 Å². The summed E-state index contributed by atoms with van der Waals surface area (Å²) in [5.41, 5.74) is 0. The number of carbonyl (C=O) groups is 2. The Morgan fingerprint density at radius 3 is 1.29 bits per heavy atom. The maximum absolute atomic E-state index is 12.9. The summed E-state index contributed by atoms with van der Waals surface area (Å²) in [4.78, 5) is 25.4. The van der Waals surface area contributed by atoms with E-state index in [1.165, 1.54) is 6.92 Å². The van der Waals surface area contributed by atoms with Crippen LogP contribution in [-0.2, 0) is 71.2 Å². The van der Waals surface area contributed by atoms with Crippen molar-refractivity contribution in [2.24, 2.45) is 0 Å². The van der Waals surface area contributed by atoms with E-state index < -0.39 is 266 Å². The molecular weight excluding hydrogens is 1140 g/mol. The van der Waals surface area contributed by atoms with Gasteiger partial charge in [-0.3, -0.25) is 9.59 Å². The molecule has 0 aromatic carbocycles. The monoisotopic (exact) mass is 1220 g/mol. The average molecular weight is 1220 g/mol. The molecule has 7 aliphatic rings. The highest BCUT2D eigenvalue weighted by atomic mass is 16.8. The van der Waals surface area contributed by atoms with Crippen molar-refractivity contribution in [3.05, 3.63) is 0 Å². The van der Waals surface area contributed by atoms with Crippen LogP contribution in [-0.4, -0.2) is 368 Å². The van der Waals surface area contributed by atoms with Crippen molar-refractivity contribution in [1.29, 1.82) is 0 Å². The second kappa shape index (κ2) is 29.3. The number of carbonyl (C=O) groups excluding carboxylic acids is 2. The molecule has 2 amide bonds. The van der Waals surface area contributed by atoms with Gasteiger partial charge in [0.1, 0.15) is 165 Å². The van der Waals surface area contributed by atoms with Gasteiger partial charge in [0.05, 0.1) is 45.7 Å². The Labute approximate surface area is 470 Å². The summed E-state index contributed by atoms with van der Waals surface area (Å²) in [7, 11) is 0. The molecule has 0 saturated carbocycles. The Bertz CT molecular complexity index is 2040. The highest BCUT2D eigenvalue weighted by Crippen LogP contribution is 2.38. The molecule has 7 saturated heterocycles. The van der Waals surface area contributed by atoms with Crippen LogP contribution in [0.25, 0.3) is 0 Å². The Kier molecular flexibility index (Phi) is 24.0. The summed E-state index contributed by atoms with van der Waals surface area (Å²) in [6.07, 6.45) is -64.2. The van der Waals surface area contributed by atoms with Gasteiger partial charge >= 0.3 is 0 Å². The van der Waals surface area contributed by atoms with Gasteiger partial charge in [0.25, 0.3) is 0 Å². The van der Waals surface area contributed by atoms with E-state index in [1.54, 1.807) is 0 Å². The fourth-order valence-corrected chi connectivity index (χ4v) is 10.6. The summed E-state index contributed by atoms with van der Waals surface area (Å²) in [5, 5.41) is 221. The second-order valence-corrected chi connectivity index (χ2v) is 21.1. The highest BCUT2D eigenvalue weighted by molar-refractivity contribution is 5.73. The zero-order valence-electron chi connectivity index (χ0n) is 44.5. The van der Waals surface area contributed by atoms with E-state index in [-0.39, 0.29) is 0 Å². The van der Waals surface area contributed by atoms with Crippen LogP contribution in [0.5, 0.6) is 0 Å². The van der Waals surface area contributed by atoms with E-state index in [1.807, 2.05) is 0 Å². The number of nitrogens with one attached hydrogen (secondary N) is 2. The van der Waals surface area contributed by atoms with Gasteiger partial charge in [-0.2, -0.15) is 0 Å². The predicted octanol–water partition coefficient (Wildman–Crippen LogP) is -15.0. The molecule has 0 unspecified atom stereocenters. The molecule has 0 aromatic rings. The summed E-state index contributed by atoms with van der Waals surface area (Å²) in [5.74, 6) is -1.70. The Morgan fingerprint density at radius 2 is 0.735 bits per heavy atom. The van der Waals surface area contributed by atoms with Crippen LogP contribution in [0.15, 0.2) is 0 Å². The maximum atomic E-state index is 12.9. The van der Waals surface area contributed by atoms with Crippen molar-refractivity contribution >= 4 is 11.8 Å². The standard InChI is InChI=1S/C46H78N2O35/c1-10-21(56)27(62)32(67)43(72-10)81-37-20(48-12(3)55)40(70)73-17(8-53)36(37)80-41-19(47-11(2)54)26(61)35(16(7-52)77-41)79-45-34(69)38(25(60)18(78-45)9-71-42-31(66)28(63)22(57)13(4-49)74-42)82-46-39(30(65)24(59)15(6-51)76-46)83-44-33(68)29(64)23(58)14(5-50)75-44/h10,13-46,49-53,56-70H,4-9H2,1-3H3,(H,47,54)(H,48,55)/t10-,13+,14+,15+,16+,17+,18+,19+,20+,21+,22+,23+,24+,25+,26+,27+,28-,29-,30-,31-,32-,33-,34-,35+,36+,37+,38-,39-,40+,41-,42-,43-,44+,45-,46+/m0/s1. The first kappa shape index (κ1) is 68.1. The molecule has 35 atom stereocenters. The molecule has 37 heteroatoms. The molecule has 37 nitrogen and oxygen atoms in total. The third kappa shape index (κ3) is 14.7. The molecule has 83 heavy (non-hydrogen) atoms. The Hall–Kier alpha value is -2.38. The number of ether oxygens (including phenoxy) is 13. The number of hydrogen-bond donors (Lipinski definition) is 22. The van der Waals surface area contributed by atoms with Gasteiger partial charge in [-0.25, -0.2) is 0 Å². The SMILES string of the molecule is CC(=O)N[C@@H]1[C@@H](O[C@@H]2O[C@@H](C)[C@@H](O)[C@@H](O)[C@@H]2O)[C@H](O[C@@H]2O[C@H](CO)[C@@H](O[C@@H]3O[C@H](CO[C@H]4O[C@H](CO)[C@@H](O)[C@H](O)[C@@H]4O)[C@@H](O)[C@H](O[C@H]4O[C@H](CO)[C@@H](O)[C@H](O)[C@@H]4O[C@H]4O[C@H](CO)[C@@H](O)[C@H](O)[C@@H]4O)[C@@H]3O)[C@H](O)[C@H]2NC(C)=O)[C@@H](CO)O[C@H]1O. The van der Waals surface area contributed by atoms with Crippen molar-refractivity contribution in [2.45, 2.75) is 236 Å². The number of aliphatic hydroxyl groups excluding tert-OH is 20. The summed E-state index contributed by atoms with van der Waals surface area (Å²) >= 11 is 0. The zero-order valence-corrected chi connectivity index (χ0v) is 44.5. The second-order valence-electron chi connectivity index (χ2n) is 21.1. The highest BCUT2D eigenvalue weighted by Gasteiger charge is 2.59. The van der Waals surface area contributed by atoms with Crippen molar-refractivity contribution < 1.29 is 173 Å². The molecule has 482 valence electrons. The summed E-state index contributed by atoms with van der Waals surface area (Å²) < 4.78 is 75.5. The van der Waals surface area contributed by atoms with Crippen LogP contribution >= 0.6 is 0 Å². The Balaban J connectivity index is 1.20. The smallest absolute Gasteiger partial charge is 0.217 e. The first-order valence-corrected chi connectivity index (χ1v) is 26.5. The molecule has 0 spiro atoms. The first-order valence-electron chi connectivity index (χ1n) is 26.5. The molecule has 7 aliphatic heterocycles. The van der Waals surface area contributed by atoms with E-state index in [2.05, 4.69) is 10.6 Å². The van der Waals surface area contributed by atoms with Crippen molar-refractivity contribution in [3.63, 3.8) is 0 Å². The van der Waals surface area contributed by atoms with Crippen LogP contribution in [0.4, 0.5) is 0 Å². The molecule has 0 bridgehead atoms. The lowest BCUT2D eigenvalue weighted by Gasteiger charge is -2.51. The van der Waals surface area contributed by atoms with Crippen LogP contribution in [0.3, 0.4) is 0 Å². The van der Waals surface area contributed by atoms with Crippen molar-refractivity contribution in [3.8, 4) is 0 Å². The van der Waals surface area contributed by atoms with Crippen molar-refractivity contribution in [1.82, 2.24) is 10.6 Å². The lowest BCUT2D eigenvalue weighted by atomic mass is 9.93. The fraction of sp³-hybridized carbons (Fsp3) is 0.957. The molecule has 7 fully saturated rings. The minimum Gasteiger partial charge on any atom is -0.394 e. The molecule has 0 aliphatic carbocycles. The third-order valence-corrected chi connectivity index (χ3v) is 15.3. The van der Waals surface area contributed by atoms with E-state index in [4.69, 9.17) is 61.6 Å². The minimum atomic E-state index is -2.39. The van der Waals surface area contributed by atoms with Crippen LogP contribution in [0, 0.1) is 0 Å². The fourth-order valence-electron chi connectivity index (χ4n) is 10.6. The lowest BCUT2D eigenvalue weighted by molar-refractivity contribution is -0.398. The van der Waals surface area contributed by atoms with Gasteiger partial charge in [-0.15, -0.1) is 0 Å². The van der Waals surface area contributed by atoms with E-state index in [0.29, 0.717) is 0 Å². The van der Waals surface area contributed by atoms with E-state index in [0.717, 1.165) is 13.8 Å². The minimum absolute atomic E-state index is 0.796. The predicted molar refractivity (Wildman–Crippen MR) is 254 cm³/mol. The molecule has 0 radical (unpaired) electrons. The Morgan fingerprint density at radius 1 is 0.337 bits per heavy atom. The molecule has 22 N–H and O–H groups in total. The largest absolute Gasteiger partial charge is 0.394 e. The lowest BCUT2D eigenvalue weighted by Crippen LogP contribution is -2.71. The number of aliphatic hydroxyl groups is 20. The number of rotatable bonds is 20. The van der Waals surface area contributed by atoms with Crippen LogP contribution in [0.1, 0.15) is 20.8 Å². The molecule has 7 heterocycles. The molecule has 0 aromatic heterocycles. The zero-order chi connectivity index (χ0) is 61.2. The molecular formula is C46H78N2O35.